The van der Waals surface area contributed by atoms with E-state index in [1.165, 1.54) is 4.57 Å². The van der Waals surface area contributed by atoms with Crippen molar-refractivity contribution >= 4 is 16.9 Å². The molecule has 4 aromatic rings. The second kappa shape index (κ2) is 9.42. The number of nitrogens with zero attached hydrogens (tertiary/aromatic N) is 4. The third-order valence-corrected chi connectivity index (χ3v) is 5.53. The molecule has 2 heterocycles. The van der Waals surface area contributed by atoms with Gasteiger partial charge in [0.25, 0.3) is 0 Å². The normalized spacial score (nSPS) is 11.2. The number of carbonyl (C=O) groups is 1. The topological polar surface area (TPSA) is 113 Å². The number of aromatic nitrogens is 4. The summed E-state index contributed by atoms with van der Waals surface area (Å²) >= 11 is 0. The van der Waals surface area contributed by atoms with Crippen LogP contribution in [-0.2, 0) is 17.9 Å². The van der Waals surface area contributed by atoms with Crippen molar-refractivity contribution in [2.45, 2.75) is 39.9 Å². The van der Waals surface area contributed by atoms with Gasteiger partial charge in [-0.2, -0.15) is 4.98 Å². The Bertz CT molecular complexity index is 1400. The van der Waals surface area contributed by atoms with Crippen LogP contribution in [0.15, 0.2) is 45.7 Å². The predicted molar refractivity (Wildman–Crippen MR) is 126 cm³/mol. The van der Waals surface area contributed by atoms with Crippen molar-refractivity contribution in [2.24, 2.45) is 0 Å². The molecule has 0 unspecified atom stereocenters. The minimum absolute atomic E-state index is 0.0846. The maximum atomic E-state index is 13.2. The zero-order valence-electron chi connectivity index (χ0n) is 19.8. The van der Waals surface area contributed by atoms with Gasteiger partial charge >= 0.3 is 5.69 Å². The fraction of sp³-hybridized carbons (Fsp3) is 0.333. The molecule has 0 saturated carbocycles. The van der Waals surface area contributed by atoms with E-state index in [0.717, 1.165) is 11.1 Å². The van der Waals surface area contributed by atoms with Crippen LogP contribution in [0.4, 0.5) is 0 Å². The molecule has 0 spiro atoms. The molecule has 1 N–H and O–H groups in total. The largest absolute Gasteiger partial charge is 0.497 e. The molecule has 0 aliphatic heterocycles. The van der Waals surface area contributed by atoms with Crippen molar-refractivity contribution in [3.8, 4) is 22.9 Å². The Morgan fingerprint density at radius 3 is 2.56 bits per heavy atom. The van der Waals surface area contributed by atoms with Crippen LogP contribution in [0.2, 0.25) is 0 Å². The Kier molecular flexibility index (Phi) is 6.40. The molecule has 1 amide bonds. The first-order valence-electron chi connectivity index (χ1n) is 10.9. The summed E-state index contributed by atoms with van der Waals surface area (Å²) in [4.78, 5) is 30.4. The molecule has 0 radical (unpaired) electrons. The van der Waals surface area contributed by atoms with Crippen molar-refractivity contribution in [1.29, 1.82) is 0 Å². The van der Waals surface area contributed by atoms with E-state index >= 15 is 0 Å². The molecule has 0 saturated heterocycles. The number of amides is 1. The number of nitrogens with one attached hydrogen (secondary N) is 1. The first-order chi connectivity index (χ1) is 16.3. The van der Waals surface area contributed by atoms with E-state index < -0.39 is 0 Å². The molecular formula is C24H27N5O5. The van der Waals surface area contributed by atoms with Crippen molar-refractivity contribution < 1.29 is 18.8 Å². The Balaban J connectivity index is 1.65. The quantitative estimate of drug-likeness (QED) is 0.425. The van der Waals surface area contributed by atoms with Gasteiger partial charge in [0.1, 0.15) is 18.0 Å². The fourth-order valence-electron chi connectivity index (χ4n) is 3.90. The Morgan fingerprint density at radius 1 is 1.12 bits per heavy atom. The highest BCUT2D eigenvalue weighted by molar-refractivity contribution is 5.84. The Hall–Kier alpha value is -4.08. The number of ether oxygens (including phenoxy) is 2. The van der Waals surface area contributed by atoms with Crippen molar-refractivity contribution in [3.05, 3.63) is 58.3 Å². The molecule has 10 heteroatoms. The minimum Gasteiger partial charge on any atom is -0.497 e. The van der Waals surface area contributed by atoms with E-state index in [1.54, 1.807) is 50.0 Å². The monoisotopic (exact) mass is 465 g/mol. The number of methoxy groups -OCH3 is 2. The van der Waals surface area contributed by atoms with Crippen molar-refractivity contribution in [3.63, 3.8) is 0 Å². The van der Waals surface area contributed by atoms with Gasteiger partial charge < -0.3 is 19.3 Å². The lowest BCUT2D eigenvalue weighted by Crippen LogP contribution is -2.33. The van der Waals surface area contributed by atoms with Crippen LogP contribution in [0.1, 0.15) is 31.3 Å². The summed E-state index contributed by atoms with van der Waals surface area (Å²) in [6.07, 6.45) is 0. The molecule has 10 nitrogen and oxygen atoms in total. The summed E-state index contributed by atoms with van der Waals surface area (Å²) in [6, 6.07) is 10.8. The van der Waals surface area contributed by atoms with E-state index in [2.05, 4.69) is 15.5 Å². The highest BCUT2D eigenvalue weighted by Crippen LogP contribution is 2.25. The standard InChI is InChI=1S/C24H27N5O5/c1-14(2)29-19-8-6-16(23-26-15(3)34-27-23)11-20(19)28(24(29)31)13-22(30)25-12-17-10-18(32-4)7-9-21(17)33-5/h6-11,14H,12-13H2,1-5H3,(H,25,30). The highest BCUT2D eigenvalue weighted by Gasteiger charge is 2.19. The average molecular weight is 466 g/mol. The number of benzene rings is 2. The fourth-order valence-corrected chi connectivity index (χ4v) is 3.90. The molecule has 0 aliphatic carbocycles. The molecule has 0 aliphatic rings. The second-order valence-corrected chi connectivity index (χ2v) is 8.13. The number of carbonyl (C=O) groups excluding carboxylic acids is 1. The molecule has 0 atom stereocenters. The number of fused-ring (bicyclic) bond motifs is 1. The molecule has 178 valence electrons. The summed E-state index contributed by atoms with van der Waals surface area (Å²) in [5.41, 5.74) is 2.54. The lowest BCUT2D eigenvalue weighted by atomic mass is 10.2. The molecule has 4 rings (SSSR count). The van der Waals surface area contributed by atoms with Crippen LogP contribution in [-0.4, -0.2) is 39.4 Å². The van der Waals surface area contributed by atoms with Gasteiger partial charge in [0.05, 0.1) is 25.3 Å². The van der Waals surface area contributed by atoms with Crippen LogP contribution < -0.4 is 20.5 Å². The first-order valence-corrected chi connectivity index (χ1v) is 10.9. The van der Waals surface area contributed by atoms with Crippen LogP contribution in [0.25, 0.3) is 22.4 Å². The second-order valence-electron chi connectivity index (χ2n) is 8.13. The number of aryl methyl sites for hydroxylation is 1. The van der Waals surface area contributed by atoms with Gasteiger partial charge in [-0.3, -0.25) is 13.9 Å². The first kappa shape index (κ1) is 23.1. The van der Waals surface area contributed by atoms with E-state index in [0.29, 0.717) is 34.3 Å². The maximum Gasteiger partial charge on any atom is 0.329 e. The van der Waals surface area contributed by atoms with Gasteiger partial charge in [-0.25, -0.2) is 4.79 Å². The average Bonchev–Trinajstić information content (AvgIpc) is 3.38. The van der Waals surface area contributed by atoms with Gasteiger partial charge in [-0.1, -0.05) is 5.16 Å². The van der Waals surface area contributed by atoms with Crippen molar-refractivity contribution in [1.82, 2.24) is 24.6 Å². The van der Waals surface area contributed by atoms with Crippen molar-refractivity contribution in [2.75, 3.05) is 14.2 Å². The zero-order chi connectivity index (χ0) is 24.4. The summed E-state index contributed by atoms with van der Waals surface area (Å²) in [6.45, 7) is 5.65. The molecule has 2 aromatic heterocycles. The third-order valence-electron chi connectivity index (χ3n) is 5.53. The number of hydrogen-bond acceptors (Lipinski definition) is 7. The smallest absolute Gasteiger partial charge is 0.329 e. The molecule has 0 fully saturated rings. The number of hydrogen-bond donors (Lipinski definition) is 1. The van der Waals surface area contributed by atoms with E-state index in [9.17, 15) is 9.59 Å². The maximum absolute atomic E-state index is 13.2. The summed E-state index contributed by atoms with van der Waals surface area (Å²) in [7, 11) is 3.14. The summed E-state index contributed by atoms with van der Waals surface area (Å²) in [5, 5.41) is 6.83. The van der Waals surface area contributed by atoms with Crippen LogP contribution >= 0.6 is 0 Å². The molecular weight excluding hydrogens is 438 g/mol. The lowest BCUT2D eigenvalue weighted by molar-refractivity contribution is -0.121. The zero-order valence-corrected chi connectivity index (χ0v) is 19.8. The summed E-state index contributed by atoms with van der Waals surface area (Å²) in [5.74, 6) is 1.85. The van der Waals surface area contributed by atoms with Crippen LogP contribution in [0.3, 0.4) is 0 Å². The van der Waals surface area contributed by atoms with Gasteiger partial charge in [0.2, 0.25) is 17.6 Å². The number of rotatable bonds is 8. The SMILES string of the molecule is COc1ccc(OC)c(CNC(=O)Cn2c(=O)n(C(C)C)c3ccc(-c4noc(C)n4)cc32)c1. The predicted octanol–water partition coefficient (Wildman–Crippen LogP) is 3.08. The van der Waals surface area contributed by atoms with E-state index in [-0.39, 0.29) is 30.7 Å². The lowest BCUT2D eigenvalue weighted by Gasteiger charge is -2.12. The third kappa shape index (κ3) is 4.39. The Labute approximate surface area is 196 Å². The molecule has 2 aromatic carbocycles. The van der Waals surface area contributed by atoms with Gasteiger partial charge in [-0.05, 0) is 50.2 Å². The number of imidazole rings is 1. The van der Waals surface area contributed by atoms with Gasteiger partial charge in [-0.15, -0.1) is 0 Å². The van der Waals surface area contributed by atoms with Gasteiger partial charge in [0, 0.05) is 30.6 Å². The van der Waals surface area contributed by atoms with Gasteiger partial charge in [0.15, 0.2) is 0 Å². The highest BCUT2D eigenvalue weighted by atomic mass is 16.5. The Morgan fingerprint density at radius 2 is 1.91 bits per heavy atom. The van der Waals surface area contributed by atoms with E-state index in [1.807, 2.05) is 26.0 Å². The molecule has 0 bridgehead atoms. The van der Waals surface area contributed by atoms with Crippen LogP contribution in [0.5, 0.6) is 11.5 Å². The summed E-state index contributed by atoms with van der Waals surface area (Å²) < 4.78 is 18.8. The molecule has 34 heavy (non-hydrogen) atoms. The van der Waals surface area contributed by atoms with E-state index in [4.69, 9.17) is 14.0 Å². The minimum atomic E-state index is -0.310. The van der Waals surface area contributed by atoms with Crippen LogP contribution in [0, 0.1) is 6.92 Å².